The number of hydrogen-bond acceptors (Lipinski definition) is 3. The zero-order valence-corrected chi connectivity index (χ0v) is 12.9. The highest BCUT2D eigenvalue weighted by molar-refractivity contribution is 9.09. The first-order valence-electron chi connectivity index (χ1n) is 6.64. The highest BCUT2D eigenvalue weighted by atomic mass is 79.9. The van der Waals surface area contributed by atoms with Gasteiger partial charge >= 0.3 is 0 Å². The van der Waals surface area contributed by atoms with E-state index < -0.39 is 4.92 Å². The van der Waals surface area contributed by atoms with Gasteiger partial charge in [0.05, 0.1) is 4.92 Å². The van der Waals surface area contributed by atoms with Crippen molar-refractivity contribution in [2.45, 2.75) is 32.2 Å². The molecule has 1 saturated carbocycles. The van der Waals surface area contributed by atoms with Crippen molar-refractivity contribution in [1.82, 2.24) is 5.32 Å². The number of nitro groups is 1. The Morgan fingerprint density at radius 2 is 2.20 bits per heavy atom. The second-order valence-electron chi connectivity index (χ2n) is 5.24. The molecule has 0 heterocycles. The molecule has 1 aliphatic carbocycles. The van der Waals surface area contributed by atoms with E-state index in [0.717, 1.165) is 24.6 Å². The zero-order chi connectivity index (χ0) is 14.7. The van der Waals surface area contributed by atoms with Crippen LogP contribution >= 0.6 is 15.9 Å². The van der Waals surface area contributed by atoms with Crippen molar-refractivity contribution in [3.63, 3.8) is 0 Å². The van der Waals surface area contributed by atoms with E-state index in [1.165, 1.54) is 12.1 Å². The normalized spacial score (nSPS) is 21.7. The Bertz CT molecular complexity index is 533. The Labute approximate surface area is 126 Å². The lowest BCUT2D eigenvalue weighted by Crippen LogP contribution is -2.37. The van der Waals surface area contributed by atoms with Crippen molar-refractivity contribution in [2.75, 3.05) is 5.33 Å². The number of rotatable bonds is 4. The third kappa shape index (κ3) is 3.36. The largest absolute Gasteiger partial charge is 0.349 e. The minimum absolute atomic E-state index is 0.0430. The van der Waals surface area contributed by atoms with Gasteiger partial charge in [-0.05, 0) is 37.3 Å². The first kappa shape index (κ1) is 15.0. The van der Waals surface area contributed by atoms with Crippen molar-refractivity contribution >= 4 is 27.5 Å². The highest BCUT2D eigenvalue weighted by Gasteiger charge is 2.28. The van der Waals surface area contributed by atoms with Crippen molar-refractivity contribution in [2.24, 2.45) is 5.92 Å². The fraction of sp³-hybridized carbons (Fsp3) is 0.500. The van der Waals surface area contributed by atoms with Crippen molar-refractivity contribution < 1.29 is 9.72 Å². The summed E-state index contributed by atoms with van der Waals surface area (Å²) < 4.78 is 0. The Kier molecular flexibility index (Phi) is 4.75. The summed E-state index contributed by atoms with van der Waals surface area (Å²) in [5.41, 5.74) is 1.03. The molecule has 2 atom stereocenters. The minimum atomic E-state index is -0.472. The Morgan fingerprint density at radius 3 is 2.85 bits per heavy atom. The quantitative estimate of drug-likeness (QED) is 0.519. The Balaban J connectivity index is 2.15. The van der Waals surface area contributed by atoms with Gasteiger partial charge in [0.2, 0.25) is 0 Å². The van der Waals surface area contributed by atoms with Gasteiger partial charge < -0.3 is 5.32 Å². The van der Waals surface area contributed by atoms with Gasteiger partial charge in [-0.2, -0.15) is 0 Å². The molecule has 5 nitrogen and oxygen atoms in total. The molecule has 6 heteroatoms. The molecule has 2 unspecified atom stereocenters. The van der Waals surface area contributed by atoms with Crippen molar-refractivity contribution in [3.8, 4) is 0 Å². The molecule has 108 valence electrons. The minimum Gasteiger partial charge on any atom is -0.349 e. The maximum absolute atomic E-state index is 12.2. The molecular formula is C14H17BrN2O3. The predicted octanol–water partition coefficient (Wildman–Crippen LogP) is 3.20. The van der Waals surface area contributed by atoms with Crippen LogP contribution in [0.4, 0.5) is 5.69 Å². The van der Waals surface area contributed by atoms with Gasteiger partial charge in [-0.25, -0.2) is 0 Å². The maximum atomic E-state index is 12.2. The molecule has 0 aromatic heterocycles. The summed E-state index contributed by atoms with van der Waals surface area (Å²) in [5, 5.41) is 14.7. The molecule has 0 saturated heterocycles. The second-order valence-corrected chi connectivity index (χ2v) is 5.89. The van der Waals surface area contributed by atoms with E-state index in [1.807, 2.05) is 0 Å². The molecule has 1 aromatic carbocycles. The van der Waals surface area contributed by atoms with Crippen LogP contribution in [0.2, 0.25) is 0 Å². The summed E-state index contributed by atoms with van der Waals surface area (Å²) in [5.74, 6) is 0.216. The third-order valence-electron chi connectivity index (χ3n) is 3.71. The van der Waals surface area contributed by atoms with Crippen LogP contribution in [0.25, 0.3) is 0 Å². The molecule has 2 rings (SSSR count). The Hall–Kier alpha value is -1.43. The van der Waals surface area contributed by atoms with E-state index in [0.29, 0.717) is 17.0 Å². The monoisotopic (exact) mass is 340 g/mol. The first-order valence-corrected chi connectivity index (χ1v) is 7.76. The topological polar surface area (TPSA) is 72.2 Å². The molecule has 1 aliphatic rings. The number of hydrogen-bond donors (Lipinski definition) is 1. The van der Waals surface area contributed by atoms with Crippen molar-refractivity contribution in [1.29, 1.82) is 0 Å². The average molecular weight is 341 g/mol. The second kappa shape index (κ2) is 6.35. The number of aryl methyl sites for hydroxylation is 1. The highest BCUT2D eigenvalue weighted by Crippen LogP contribution is 2.27. The van der Waals surface area contributed by atoms with Crippen LogP contribution in [-0.4, -0.2) is 22.2 Å². The van der Waals surface area contributed by atoms with Crippen LogP contribution < -0.4 is 5.32 Å². The van der Waals surface area contributed by atoms with Crippen molar-refractivity contribution in [3.05, 3.63) is 39.4 Å². The summed E-state index contributed by atoms with van der Waals surface area (Å²) in [6.45, 7) is 1.75. The van der Waals surface area contributed by atoms with Gasteiger partial charge in [0.1, 0.15) is 0 Å². The number of alkyl halides is 1. The van der Waals surface area contributed by atoms with E-state index in [2.05, 4.69) is 21.2 Å². The number of carbonyl (C=O) groups excluding carboxylic acids is 1. The molecule has 1 aromatic rings. The van der Waals surface area contributed by atoms with Crippen LogP contribution in [0.3, 0.4) is 0 Å². The molecule has 1 N–H and O–H groups in total. The lowest BCUT2D eigenvalue weighted by Gasteiger charge is -2.19. The molecule has 1 amide bonds. The smallest absolute Gasteiger partial charge is 0.270 e. The Morgan fingerprint density at radius 1 is 1.45 bits per heavy atom. The molecule has 0 aliphatic heterocycles. The third-order valence-corrected chi connectivity index (χ3v) is 4.54. The molecule has 20 heavy (non-hydrogen) atoms. The fourth-order valence-corrected chi connectivity index (χ4v) is 3.44. The van der Waals surface area contributed by atoms with Crippen LogP contribution in [-0.2, 0) is 0 Å². The fourth-order valence-electron chi connectivity index (χ4n) is 2.66. The van der Waals surface area contributed by atoms with Crippen LogP contribution in [0, 0.1) is 23.0 Å². The van der Waals surface area contributed by atoms with E-state index in [-0.39, 0.29) is 17.6 Å². The summed E-state index contributed by atoms with van der Waals surface area (Å²) in [6, 6.07) is 4.63. The SMILES string of the molecule is Cc1cc(C(=O)NC2CCCC2CBr)cc([N+](=O)[O-])c1. The predicted molar refractivity (Wildman–Crippen MR) is 80.2 cm³/mol. The molecule has 0 spiro atoms. The molecule has 1 fully saturated rings. The number of nitro benzene ring substituents is 1. The van der Waals surface area contributed by atoms with E-state index >= 15 is 0 Å². The standard InChI is InChI=1S/C14H17BrN2O3/c1-9-5-11(7-12(6-9)17(19)20)14(18)16-13-4-2-3-10(13)8-15/h5-7,10,13H,2-4,8H2,1H3,(H,16,18). The summed E-state index contributed by atoms with van der Waals surface area (Å²) >= 11 is 3.46. The van der Waals surface area contributed by atoms with Crippen LogP contribution in [0.1, 0.15) is 35.2 Å². The number of carbonyl (C=O) groups is 1. The van der Waals surface area contributed by atoms with E-state index in [1.54, 1.807) is 13.0 Å². The number of amides is 1. The zero-order valence-electron chi connectivity index (χ0n) is 11.3. The summed E-state index contributed by atoms with van der Waals surface area (Å²) in [7, 11) is 0. The van der Waals surface area contributed by atoms with Gasteiger partial charge in [0.25, 0.3) is 11.6 Å². The van der Waals surface area contributed by atoms with Crippen LogP contribution in [0.5, 0.6) is 0 Å². The average Bonchev–Trinajstić information content (AvgIpc) is 2.85. The van der Waals surface area contributed by atoms with E-state index in [4.69, 9.17) is 0 Å². The lowest BCUT2D eigenvalue weighted by molar-refractivity contribution is -0.384. The number of benzene rings is 1. The number of non-ortho nitro benzene ring substituents is 1. The maximum Gasteiger partial charge on any atom is 0.270 e. The van der Waals surface area contributed by atoms with Crippen LogP contribution in [0.15, 0.2) is 18.2 Å². The number of nitrogens with zero attached hydrogens (tertiary/aromatic N) is 1. The molecular weight excluding hydrogens is 324 g/mol. The van der Waals surface area contributed by atoms with E-state index in [9.17, 15) is 14.9 Å². The molecule has 0 bridgehead atoms. The number of nitrogens with one attached hydrogen (secondary N) is 1. The first-order chi connectivity index (χ1) is 9.51. The summed E-state index contributed by atoms with van der Waals surface area (Å²) in [6.07, 6.45) is 3.18. The summed E-state index contributed by atoms with van der Waals surface area (Å²) in [4.78, 5) is 22.6. The van der Waals surface area contributed by atoms with Gasteiger partial charge in [0, 0.05) is 29.1 Å². The lowest BCUT2D eigenvalue weighted by atomic mass is 10.0. The van der Waals surface area contributed by atoms with Gasteiger partial charge in [0.15, 0.2) is 0 Å². The molecule has 0 radical (unpaired) electrons. The van der Waals surface area contributed by atoms with Gasteiger partial charge in [-0.15, -0.1) is 0 Å². The van der Waals surface area contributed by atoms with Gasteiger partial charge in [-0.1, -0.05) is 22.4 Å². The number of halogens is 1. The van der Waals surface area contributed by atoms with Gasteiger partial charge in [-0.3, -0.25) is 14.9 Å².